The molecule has 3 nitrogen and oxygen atoms in total. The molecule has 3 atom stereocenters. The van der Waals surface area contributed by atoms with E-state index < -0.39 is 5.60 Å². The largest absolute Gasteiger partial charge is 0.497 e. The molecule has 1 aliphatic rings. The highest BCUT2D eigenvalue weighted by atomic mass is 19.1. The third-order valence-electron chi connectivity index (χ3n) is 5.42. The van der Waals surface area contributed by atoms with Crippen molar-refractivity contribution >= 4 is 0 Å². The van der Waals surface area contributed by atoms with E-state index in [9.17, 15) is 9.50 Å². The zero-order valence-electron chi connectivity index (χ0n) is 15.1. The van der Waals surface area contributed by atoms with Gasteiger partial charge >= 0.3 is 0 Å². The Morgan fingerprint density at radius 3 is 2.32 bits per heavy atom. The van der Waals surface area contributed by atoms with Crippen molar-refractivity contribution in [3.8, 4) is 5.75 Å². The van der Waals surface area contributed by atoms with E-state index in [4.69, 9.17) is 4.74 Å². The normalized spacial score (nSPS) is 27.2. The molecule has 0 aromatic heterocycles. The topological polar surface area (TPSA) is 32.7 Å². The van der Waals surface area contributed by atoms with Crippen molar-refractivity contribution in [3.05, 3.63) is 65.5 Å². The molecular weight excluding hydrogens is 317 g/mol. The Bertz CT molecular complexity index is 704. The minimum Gasteiger partial charge on any atom is -0.497 e. The molecule has 0 amide bonds. The molecule has 134 valence electrons. The third-order valence-corrected chi connectivity index (χ3v) is 5.42. The van der Waals surface area contributed by atoms with E-state index >= 15 is 0 Å². The van der Waals surface area contributed by atoms with Crippen LogP contribution in [0.25, 0.3) is 0 Å². The number of methoxy groups -OCH3 is 1. The smallest absolute Gasteiger partial charge is 0.123 e. The van der Waals surface area contributed by atoms with Gasteiger partial charge < -0.3 is 9.84 Å². The number of hydrogen-bond acceptors (Lipinski definition) is 3. The van der Waals surface area contributed by atoms with E-state index in [-0.39, 0.29) is 17.7 Å². The SMILES string of the molecule is COc1ccc(CN2C[C@@H](C)[C@@](O)(c3cccc(F)c3)[C@@H](C)C2)cc1. The number of piperidine rings is 1. The average Bonchev–Trinajstić information content (AvgIpc) is 2.60. The molecule has 0 aliphatic carbocycles. The number of hydrogen-bond donors (Lipinski definition) is 1. The van der Waals surface area contributed by atoms with Crippen LogP contribution in [0, 0.1) is 17.7 Å². The van der Waals surface area contributed by atoms with Crippen molar-refractivity contribution in [2.75, 3.05) is 20.2 Å². The van der Waals surface area contributed by atoms with E-state index in [0.29, 0.717) is 5.56 Å². The predicted molar refractivity (Wildman–Crippen MR) is 96.9 cm³/mol. The lowest BCUT2D eigenvalue weighted by molar-refractivity contribution is -0.114. The highest BCUT2D eigenvalue weighted by molar-refractivity contribution is 5.28. The summed E-state index contributed by atoms with van der Waals surface area (Å²) in [6.07, 6.45) is 0. The van der Waals surface area contributed by atoms with E-state index in [0.717, 1.165) is 25.4 Å². The number of nitrogens with zero attached hydrogens (tertiary/aromatic N) is 1. The lowest BCUT2D eigenvalue weighted by atomic mass is 9.70. The van der Waals surface area contributed by atoms with Gasteiger partial charge in [0.25, 0.3) is 0 Å². The predicted octanol–water partition coefficient (Wildman–Crippen LogP) is 3.81. The van der Waals surface area contributed by atoms with Crippen LogP contribution in [0.5, 0.6) is 5.75 Å². The molecule has 1 fully saturated rings. The van der Waals surface area contributed by atoms with E-state index in [1.807, 2.05) is 32.0 Å². The first-order chi connectivity index (χ1) is 11.9. The summed E-state index contributed by atoms with van der Waals surface area (Å²) in [5.74, 6) is 0.572. The number of halogens is 1. The number of benzene rings is 2. The maximum Gasteiger partial charge on any atom is 0.123 e. The molecule has 1 N–H and O–H groups in total. The van der Waals surface area contributed by atoms with Crippen LogP contribution in [0.15, 0.2) is 48.5 Å². The van der Waals surface area contributed by atoms with Gasteiger partial charge in [0.1, 0.15) is 11.6 Å². The number of ether oxygens (including phenoxy) is 1. The van der Waals surface area contributed by atoms with Crippen molar-refractivity contribution in [2.24, 2.45) is 11.8 Å². The lowest BCUT2D eigenvalue weighted by Crippen LogP contribution is -2.54. The summed E-state index contributed by atoms with van der Waals surface area (Å²) < 4.78 is 18.8. The summed E-state index contributed by atoms with van der Waals surface area (Å²) in [5, 5.41) is 11.3. The molecule has 25 heavy (non-hydrogen) atoms. The first-order valence-electron chi connectivity index (χ1n) is 8.77. The number of rotatable bonds is 4. The molecule has 2 aromatic rings. The first-order valence-corrected chi connectivity index (χ1v) is 8.77. The molecule has 0 bridgehead atoms. The maximum atomic E-state index is 13.6. The number of likely N-dealkylation sites (tertiary alicyclic amines) is 1. The number of aliphatic hydroxyl groups is 1. The van der Waals surface area contributed by atoms with Gasteiger partial charge in [0.05, 0.1) is 12.7 Å². The molecule has 4 heteroatoms. The molecule has 0 unspecified atom stereocenters. The summed E-state index contributed by atoms with van der Waals surface area (Å²) >= 11 is 0. The second-order valence-electron chi connectivity index (χ2n) is 7.18. The highest BCUT2D eigenvalue weighted by Gasteiger charge is 2.45. The van der Waals surface area contributed by atoms with Crippen LogP contribution in [-0.2, 0) is 12.1 Å². The Morgan fingerprint density at radius 2 is 1.76 bits per heavy atom. The summed E-state index contributed by atoms with van der Waals surface area (Å²) in [6.45, 7) is 6.45. The van der Waals surface area contributed by atoms with Crippen molar-refractivity contribution in [3.63, 3.8) is 0 Å². The standard InChI is InChI=1S/C21H26FNO2/c1-15-12-23(14-17-7-9-20(25-3)10-8-17)13-16(2)21(15,24)18-5-4-6-19(22)11-18/h4-11,15-16,24H,12-14H2,1-3H3/t15-,16+,21+. The van der Waals surface area contributed by atoms with Gasteiger partial charge in [0, 0.05) is 31.5 Å². The molecule has 0 saturated carbocycles. The van der Waals surface area contributed by atoms with Crippen molar-refractivity contribution in [1.82, 2.24) is 4.90 Å². The Balaban J connectivity index is 1.75. The molecule has 3 rings (SSSR count). The van der Waals surface area contributed by atoms with Crippen LogP contribution in [-0.4, -0.2) is 30.2 Å². The van der Waals surface area contributed by atoms with Crippen LogP contribution < -0.4 is 4.74 Å². The first kappa shape index (κ1) is 17.9. The monoisotopic (exact) mass is 343 g/mol. The summed E-state index contributed by atoms with van der Waals surface area (Å²) in [7, 11) is 1.66. The van der Waals surface area contributed by atoms with E-state index in [1.165, 1.54) is 17.7 Å². The van der Waals surface area contributed by atoms with Gasteiger partial charge in [-0.1, -0.05) is 38.1 Å². The summed E-state index contributed by atoms with van der Waals surface area (Å²) in [6, 6.07) is 14.5. The molecular formula is C21H26FNO2. The third kappa shape index (κ3) is 3.55. The zero-order valence-corrected chi connectivity index (χ0v) is 15.1. The van der Waals surface area contributed by atoms with Crippen LogP contribution in [0.2, 0.25) is 0 Å². The molecule has 1 saturated heterocycles. The van der Waals surface area contributed by atoms with Gasteiger partial charge in [0.15, 0.2) is 0 Å². The minimum atomic E-state index is -1.00. The Kier molecular flexibility index (Phi) is 5.11. The lowest BCUT2D eigenvalue weighted by Gasteiger charge is -2.48. The fourth-order valence-electron chi connectivity index (χ4n) is 4.04. The van der Waals surface area contributed by atoms with E-state index in [1.54, 1.807) is 13.2 Å². The Labute approximate surface area is 149 Å². The average molecular weight is 343 g/mol. The van der Waals surface area contributed by atoms with Gasteiger partial charge in [-0.3, -0.25) is 4.90 Å². The van der Waals surface area contributed by atoms with Crippen molar-refractivity contribution in [1.29, 1.82) is 0 Å². The summed E-state index contributed by atoms with van der Waals surface area (Å²) in [4.78, 5) is 2.35. The van der Waals surface area contributed by atoms with Crippen molar-refractivity contribution in [2.45, 2.75) is 26.0 Å². The van der Waals surface area contributed by atoms with Crippen LogP contribution >= 0.6 is 0 Å². The quantitative estimate of drug-likeness (QED) is 0.916. The van der Waals surface area contributed by atoms with Crippen LogP contribution in [0.3, 0.4) is 0 Å². The van der Waals surface area contributed by atoms with Gasteiger partial charge in [-0.2, -0.15) is 0 Å². The van der Waals surface area contributed by atoms with Gasteiger partial charge in [-0.15, -0.1) is 0 Å². The van der Waals surface area contributed by atoms with Gasteiger partial charge in [0.2, 0.25) is 0 Å². The van der Waals surface area contributed by atoms with E-state index in [2.05, 4.69) is 17.0 Å². The van der Waals surface area contributed by atoms with Crippen LogP contribution in [0.4, 0.5) is 4.39 Å². The molecule has 2 aromatic carbocycles. The molecule has 1 heterocycles. The highest BCUT2D eigenvalue weighted by Crippen LogP contribution is 2.41. The molecule has 0 radical (unpaired) electrons. The molecule has 0 spiro atoms. The second-order valence-corrected chi connectivity index (χ2v) is 7.18. The fraction of sp³-hybridized carbons (Fsp3) is 0.429. The maximum absolute atomic E-state index is 13.6. The zero-order chi connectivity index (χ0) is 18.0. The molecule has 1 aliphatic heterocycles. The fourth-order valence-corrected chi connectivity index (χ4v) is 4.04. The van der Waals surface area contributed by atoms with Gasteiger partial charge in [-0.05, 0) is 35.4 Å². The van der Waals surface area contributed by atoms with Crippen molar-refractivity contribution < 1.29 is 14.2 Å². The second kappa shape index (κ2) is 7.14. The summed E-state index contributed by atoms with van der Waals surface area (Å²) in [5.41, 5.74) is 0.895. The Morgan fingerprint density at radius 1 is 1.12 bits per heavy atom. The minimum absolute atomic E-state index is 0.0105. The van der Waals surface area contributed by atoms with Gasteiger partial charge in [-0.25, -0.2) is 4.39 Å². The Hall–Kier alpha value is -1.91. The van der Waals surface area contributed by atoms with Crippen LogP contribution in [0.1, 0.15) is 25.0 Å².